The lowest BCUT2D eigenvalue weighted by molar-refractivity contribution is 0.414. The molecule has 2 rings (SSSR count). The average molecular weight is 270 g/mol. The molecule has 1 heterocycles. The van der Waals surface area contributed by atoms with Gasteiger partial charge in [0.25, 0.3) is 0 Å². The van der Waals surface area contributed by atoms with E-state index >= 15 is 0 Å². The third-order valence-electron chi connectivity index (χ3n) is 3.38. The third-order valence-corrected chi connectivity index (χ3v) is 3.38. The molecular formula is C17H22N2O. The van der Waals surface area contributed by atoms with E-state index in [0.717, 1.165) is 17.1 Å². The van der Waals surface area contributed by atoms with Crippen LogP contribution in [0.5, 0.6) is 5.75 Å². The summed E-state index contributed by atoms with van der Waals surface area (Å²) in [5.74, 6) is 1.36. The maximum absolute atomic E-state index is 5.21. The van der Waals surface area contributed by atoms with Crippen LogP contribution in [-0.2, 0) is 0 Å². The van der Waals surface area contributed by atoms with Gasteiger partial charge in [-0.2, -0.15) is 0 Å². The zero-order valence-electron chi connectivity index (χ0n) is 12.6. The standard InChI is InChI=1S/C17H22N2O/c1-12(2)17(14-6-9-16(20-4)10-7-14)19-15-8-5-13(3)18-11-15/h5-12,17,19H,1-4H3. The van der Waals surface area contributed by atoms with Crippen molar-refractivity contribution in [1.29, 1.82) is 0 Å². The molecule has 1 aromatic heterocycles. The summed E-state index contributed by atoms with van der Waals surface area (Å²) in [5.41, 5.74) is 3.33. The third kappa shape index (κ3) is 3.50. The first-order chi connectivity index (χ1) is 9.60. The number of aromatic nitrogens is 1. The van der Waals surface area contributed by atoms with Crippen LogP contribution in [0.4, 0.5) is 5.69 Å². The molecule has 1 atom stereocenters. The average Bonchev–Trinajstić information content (AvgIpc) is 2.46. The second-order valence-electron chi connectivity index (χ2n) is 5.33. The molecule has 0 spiro atoms. The molecule has 0 radical (unpaired) electrons. The Bertz CT molecular complexity index is 532. The minimum absolute atomic E-state index is 0.255. The van der Waals surface area contributed by atoms with Gasteiger partial charge in [-0.05, 0) is 42.7 Å². The van der Waals surface area contributed by atoms with Crippen molar-refractivity contribution in [2.24, 2.45) is 5.92 Å². The fourth-order valence-electron chi connectivity index (χ4n) is 2.18. The Hall–Kier alpha value is -2.03. The summed E-state index contributed by atoms with van der Waals surface area (Å²) in [5, 5.41) is 3.56. The van der Waals surface area contributed by atoms with Crippen LogP contribution < -0.4 is 10.1 Å². The van der Waals surface area contributed by atoms with Crippen molar-refractivity contribution in [3.63, 3.8) is 0 Å². The number of methoxy groups -OCH3 is 1. The van der Waals surface area contributed by atoms with Crippen LogP contribution in [0.15, 0.2) is 42.6 Å². The first-order valence-corrected chi connectivity index (χ1v) is 6.93. The molecule has 0 fully saturated rings. The Labute approximate surface area is 121 Å². The van der Waals surface area contributed by atoms with E-state index in [1.165, 1.54) is 5.56 Å². The van der Waals surface area contributed by atoms with E-state index < -0.39 is 0 Å². The van der Waals surface area contributed by atoms with Gasteiger partial charge in [-0.15, -0.1) is 0 Å². The summed E-state index contributed by atoms with van der Waals surface area (Å²) in [6.45, 7) is 6.42. The summed E-state index contributed by atoms with van der Waals surface area (Å²) < 4.78 is 5.21. The smallest absolute Gasteiger partial charge is 0.118 e. The molecule has 3 nitrogen and oxygen atoms in total. The topological polar surface area (TPSA) is 34.1 Å². The number of anilines is 1. The SMILES string of the molecule is COc1ccc(C(Nc2ccc(C)nc2)C(C)C)cc1. The Balaban J connectivity index is 2.19. The highest BCUT2D eigenvalue weighted by atomic mass is 16.5. The van der Waals surface area contributed by atoms with Crippen molar-refractivity contribution in [3.8, 4) is 5.75 Å². The van der Waals surface area contributed by atoms with Crippen LogP contribution in [0, 0.1) is 12.8 Å². The molecule has 0 saturated heterocycles. The molecule has 0 bridgehead atoms. The fraction of sp³-hybridized carbons (Fsp3) is 0.353. The lowest BCUT2D eigenvalue weighted by atomic mass is 9.95. The Kier molecular flexibility index (Phi) is 4.61. The number of nitrogens with one attached hydrogen (secondary N) is 1. The van der Waals surface area contributed by atoms with Gasteiger partial charge < -0.3 is 10.1 Å². The first kappa shape index (κ1) is 14.4. The van der Waals surface area contributed by atoms with Gasteiger partial charge in [-0.1, -0.05) is 26.0 Å². The number of pyridine rings is 1. The minimum atomic E-state index is 0.255. The van der Waals surface area contributed by atoms with Crippen LogP contribution >= 0.6 is 0 Å². The molecule has 20 heavy (non-hydrogen) atoms. The van der Waals surface area contributed by atoms with E-state index in [9.17, 15) is 0 Å². The van der Waals surface area contributed by atoms with Gasteiger partial charge in [-0.25, -0.2) is 0 Å². The Morgan fingerprint density at radius 1 is 1.05 bits per heavy atom. The maximum atomic E-state index is 5.21. The van der Waals surface area contributed by atoms with E-state index in [-0.39, 0.29) is 6.04 Å². The number of benzene rings is 1. The molecule has 106 valence electrons. The molecule has 0 aliphatic carbocycles. The molecule has 0 amide bonds. The van der Waals surface area contributed by atoms with Gasteiger partial charge in [0.2, 0.25) is 0 Å². The summed E-state index contributed by atoms with van der Waals surface area (Å²) in [6, 6.07) is 12.6. The summed E-state index contributed by atoms with van der Waals surface area (Å²) >= 11 is 0. The van der Waals surface area contributed by atoms with Gasteiger partial charge in [-0.3, -0.25) is 4.98 Å². The van der Waals surface area contributed by atoms with Gasteiger partial charge in [0.1, 0.15) is 5.75 Å². The van der Waals surface area contributed by atoms with Gasteiger partial charge >= 0.3 is 0 Å². The molecule has 0 saturated carbocycles. The van der Waals surface area contributed by atoms with Crippen molar-refractivity contribution in [2.75, 3.05) is 12.4 Å². The van der Waals surface area contributed by atoms with Crippen molar-refractivity contribution in [1.82, 2.24) is 4.98 Å². The lowest BCUT2D eigenvalue weighted by Gasteiger charge is -2.24. The first-order valence-electron chi connectivity index (χ1n) is 6.93. The van der Waals surface area contributed by atoms with Crippen molar-refractivity contribution >= 4 is 5.69 Å². The fourth-order valence-corrected chi connectivity index (χ4v) is 2.18. The van der Waals surface area contributed by atoms with E-state index in [2.05, 4.69) is 42.3 Å². The zero-order valence-corrected chi connectivity index (χ0v) is 12.6. The molecular weight excluding hydrogens is 248 g/mol. The van der Waals surface area contributed by atoms with Crippen LogP contribution in [0.25, 0.3) is 0 Å². The molecule has 1 aromatic carbocycles. The second-order valence-corrected chi connectivity index (χ2v) is 5.33. The molecule has 1 unspecified atom stereocenters. The van der Waals surface area contributed by atoms with E-state index in [0.29, 0.717) is 5.92 Å². The van der Waals surface area contributed by atoms with E-state index in [1.807, 2.05) is 31.3 Å². The molecule has 3 heteroatoms. The molecule has 0 aliphatic rings. The number of nitrogens with zero attached hydrogens (tertiary/aromatic N) is 1. The predicted octanol–water partition coefficient (Wildman–Crippen LogP) is 4.21. The van der Waals surface area contributed by atoms with Crippen LogP contribution in [0.3, 0.4) is 0 Å². The van der Waals surface area contributed by atoms with E-state index in [1.54, 1.807) is 7.11 Å². The maximum Gasteiger partial charge on any atom is 0.118 e. The highest BCUT2D eigenvalue weighted by Gasteiger charge is 2.15. The van der Waals surface area contributed by atoms with Crippen LogP contribution in [0.1, 0.15) is 31.1 Å². The Morgan fingerprint density at radius 2 is 1.75 bits per heavy atom. The molecule has 0 aliphatic heterocycles. The van der Waals surface area contributed by atoms with E-state index in [4.69, 9.17) is 4.74 Å². The molecule has 2 aromatic rings. The normalized spacial score (nSPS) is 12.2. The minimum Gasteiger partial charge on any atom is -0.497 e. The zero-order chi connectivity index (χ0) is 14.5. The number of hydrogen-bond donors (Lipinski definition) is 1. The lowest BCUT2D eigenvalue weighted by Crippen LogP contribution is -2.16. The van der Waals surface area contributed by atoms with Gasteiger partial charge in [0.15, 0.2) is 0 Å². The van der Waals surface area contributed by atoms with Crippen LogP contribution in [-0.4, -0.2) is 12.1 Å². The summed E-state index contributed by atoms with van der Waals surface area (Å²) in [4.78, 5) is 4.33. The highest BCUT2D eigenvalue weighted by Crippen LogP contribution is 2.27. The monoisotopic (exact) mass is 270 g/mol. The van der Waals surface area contributed by atoms with Crippen molar-refractivity contribution in [2.45, 2.75) is 26.8 Å². The predicted molar refractivity (Wildman–Crippen MR) is 83.2 cm³/mol. The molecule has 1 N–H and O–H groups in total. The summed E-state index contributed by atoms with van der Waals surface area (Å²) in [6.07, 6.45) is 1.88. The van der Waals surface area contributed by atoms with Gasteiger partial charge in [0, 0.05) is 5.69 Å². The number of hydrogen-bond acceptors (Lipinski definition) is 3. The van der Waals surface area contributed by atoms with Gasteiger partial charge in [0.05, 0.1) is 25.0 Å². The Morgan fingerprint density at radius 3 is 2.25 bits per heavy atom. The second kappa shape index (κ2) is 6.42. The largest absolute Gasteiger partial charge is 0.497 e. The van der Waals surface area contributed by atoms with Crippen LogP contribution in [0.2, 0.25) is 0 Å². The summed E-state index contributed by atoms with van der Waals surface area (Å²) in [7, 11) is 1.69. The highest BCUT2D eigenvalue weighted by molar-refractivity contribution is 5.44. The quantitative estimate of drug-likeness (QED) is 0.883. The number of ether oxygens (including phenoxy) is 1. The van der Waals surface area contributed by atoms with Crippen molar-refractivity contribution < 1.29 is 4.74 Å². The van der Waals surface area contributed by atoms with Crippen molar-refractivity contribution in [3.05, 3.63) is 53.9 Å². The number of aryl methyl sites for hydroxylation is 1. The number of rotatable bonds is 5.